The van der Waals surface area contributed by atoms with Crippen LogP contribution in [0.3, 0.4) is 0 Å². The highest BCUT2D eigenvalue weighted by Crippen LogP contribution is 2.28. The highest BCUT2D eigenvalue weighted by atomic mass is 35.5. The van der Waals surface area contributed by atoms with Gasteiger partial charge in [0.15, 0.2) is 0 Å². The van der Waals surface area contributed by atoms with Gasteiger partial charge in [-0.2, -0.15) is 4.98 Å². The minimum atomic E-state index is 0.495. The highest BCUT2D eigenvalue weighted by Gasteiger charge is 2.04. The Bertz CT molecular complexity index is 778. The zero-order valence-corrected chi connectivity index (χ0v) is 12.9. The van der Waals surface area contributed by atoms with Crippen molar-refractivity contribution < 1.29 is 0 Å². The lowest BCUT2D eigenvalue weighted by Crippen LogP contribution is -2.00. The molecule has 1 aromatic heterocycles. The van der Waals surface area contributed by atoms with Gasteiger partial charge < -0.3 is 10.6 Å². The predicted octanol–water partition coefficient (Wildman–Crippen LogP) is 5.27. The van der Waals surface area contributed by atoms with E-state index in [2.05, 4.69) is 20.6 Å². The normalized spacial score (nSPS) is 10.3. The van der Waals surface area contributed by atoms with Crippen LogP contribution in [0.1, 0.15) is 0 Å². The molecule has 2 aromatic carbocycles. The Balaban J connectivity index is 1.81. The van der Waals surface area contributed by atoms with E-state index in [-0.39, 0.29) is 0 Å². The molecule has 0 spiro atoms. The zero-order chi connectivity index (χ0) is 15.4. The van der Waals surface area contributed by atoms with Crippen molar-refractivity contribution in [3.63, 3.8) is 0 Å². The Hall–Kier alpha value is -2.30. The number of nitrogens with one attached hydrogen (secondary N) is 2. The van der Waals surface area contributed by atoms with E-state index in [1.54, 1.807) is 30.5 Å². The van der Waals surface area contributed by atoms with E-state index in [0.717, 1.165) is 5.69 Å². The lowest BCUT2D eigenvalue weighted by atomic mass is 10.3. The summed E-state index contributed by atoms with van der Waals surface area (Å²) in [4.78, 5) is 8.59. The molecule has 0 saturated heterocycles. The second-order valence-electron chi connectivity index (χ2n) is 4.51. The van der Waals surface area contributed by atoms with Crippen LogP contribution in [0, 0.1) is 0 Å². The molecule has 0 radical (unpaired) electrons. The summed E-state index contributed by atoms with van der Waals surface area (Å²) < 4.78 is 0. The van der Waals surface area contributed by atoms with Crippen molar-refractivity contribution in [3.8, 4) is 0 Å². The van der Waals surface area contributed by atoms with Crippen LogP contribution in [-0.2, 0) is 0 Å². The van der Waals surface area contributed by atoms with Gasteiger partial charge in [0.1, 0.15) is 5.82 Å². The van der Waals surface area contributed by atoms with Crippen molar-refractivity contribution in [2.24, 2.45) is 0 Å². The van der Waals surface area contributed by atoms with Crippen LogP contribution in [0.2, 0.25) is 10.0 Å². The van der Waals surface area contributed by atoms with Crippen molar-refractivity contribution >= 4 is 46.3 Å². The molecule has 0 unspecified atom stereocenters. The topological polar surface area (TPSA) is 49.8 Å². The summed E-state index contributed by atoms with van der Waals surface area (Å²) in [5, 5.41) is 7.44. The minimum absolute atomic E-state index is 0.495. The fourth-order valence-corrected chi connectivity index (χ4v) is 2.21. The summed E-state index contributed by atoms with van der Waals surface area (Å²) in [6.45, 7) is 0. The first kappa shape index (κ1) is 14.6. The van der Waals surface area contributed by atoms with Crippen molar-refractivity contribution in [2.75, 3.05) is 10.6 Å². The number of benzene rings is 2. The molecule has 0 amide bonds. The number of anilines is 4. The molecule has 3 aromatic rings. The molecular weight excluding hydrogens is 319 g/mol. The molecule has 6 heteroatoms. The number of nitrogens with zero attached hydrogens (tertiary/aromatic N) is 2. The smallest absolute Gasteiger partial charge is 0.229 e. The first-order chi connectivity index (χ1) is 10.7. The van der Waals surface area contributed by atoms with Gasteiger partial charge in [0.05, 0.1) is 10.7 Å². The summed E-state index contributed by atoms with van der Waals surface area (Å²) in [7, 11) is 0. The molecule has 0 atom stereocenters. The Labute approximate surface area is 138 Å². The summed E-state index contributed by atoms with van der Waals surface area (Å²) in [6.07, 6.45) is 1.67. The van der Waals surface area contributed by atoms with Crippen molar-refractivity contribution in [3.05, 3.63) is 70.8 Å². The zero-order valence-electron chi connectivity index (χ0n) is 11.4. The Morgan fingerprint density at radius 2 is 1.68 bits per heavy atom. The largest absolute Gasteiger partial charge is 0.339 e. The highest BCUT2D eigenvalue weighted by molar-refractivity contribution is 6.35. The molecule has 0 fully saturated rings. The lowest BCUT2D eigenvalue weighted by Gasteiger charge is -2.10. The fourth-order valence-electron chi connectivity index (χ4n) is 1.87. The molecule has 2 N–H and O–H groups in total. The standard InChI is InChI=1S/C16H12Cl2N4/c17-11-6-7-13(18)14(10-11)21-15-8-9-19-16(22-15)20-12-4-2-1-3-5-12/h1-10H,(H2,19,20,21,22). The summed E-state index contributed by atoms with van der Waals surface area (Å²) in [6, 6.07) is 16.7. The number of rotatable bonds is 4. The van der Waals surface area contributed by atoms with Crippen LogP contribution < -0.4 is 10.6 Å². The van der Waals surface area contributed by atoms with E-state index in [9.17, 15) is 0 Å². The SMILES string of the molecule is Clc1ccc(Cl)c(Nc2ccnc(Nc3ccccc3)n2)c1. The van der Waals surface area contributed by atoms with Crippen LogP contribution in [0.25, 0.3) is 0 Å². The Kier molecular flexibility index (Phi) is 4.42. The van der Waals surface area contributed by atoms with Gasteiger partial charge in [0.2, 0.25) is 5.95 Å². The molecule has 0 aliphatic heterocycles. The number of hydrogen-bond donors (Lipinski definition) is 2. The monoisotopic (exact) mass is 330 g/mol. The maximum Gasteiger partial charge on any atom is 0.229 e. The molecular formula is C16H12Cl2N4. The van der Waals surface area contributed by atoms with Gasteiger partial charge in [-0.1, -0.05) is 41.4 Å². The first-order valence-corrected chi connectivity index (χ1v) is 7.33. The van der Waals surface area contributed by atoms with Crippen molar-refractivity contribution in [1.82, 2.24) is 9.97 Å². The number of hydrogen-bond acceptors (Lipinski definition) is 4. The van der Waals surface area contributed by atoms with Crippen molar-refractivity contribution in [1.29, 1.82) is 0 Å². The Morgan fingerprint density at radius 1 is 0.864 bits per heavy atom. The maximum atomic E-state index is 6.14. The van der Waals surface area contributed by atoms with E-state index in [1.165, 1.54) is 0 Å². The maximum absolute atomic E-state index is 6.14. The van der Waals surface area contributed by atoms with Crippen LogP contribution in [0.5, 0.6) is 0 Å². The molecule has 0 saturated carbocycles. The molecule has 110 valence electrons. The number of halogens is 2. The predicted molar refractivity (Wildman–Crippen MR) is 91.5 cm³/mol. The molecule has 0 bridgehead atoms. The van der Waals surface area contributed by atoms with Gasteiger partial charge in [-0.25, -0.2) is 4.98 Å². The molecule has 0 aliphatic rings. The Morgan fingerprint density at radius 3 is 2.50 bits per heavy atom. The van der Waals surface area contributed by atoms with Gasteiger partial charge >= 0.3 is 0 Å². The second kappa shape index (κ2) is 6.64. The van der Waals surface area contributed by atoms with Crippen LogP contribution in [-0.4, -0.2) is 9.97 Å². The quantitative estimate of drug-likeness (QED) is 0.684. The molecule has 0 aliphatic carbocycles. The van der Waals surface area contributed by atoms with Crippen molar-refractivity contribution in [2.45, 2.75) is 0 Å². The van der Waals surface area contributed by atoms with Crippen LogP contribution in [0.4, 0.5) is 23.1 Å². The third kappa shape index (κ3) is 3.67. The van der Waals surface area contributed by atoms with E-state index in [1.807, 2.05) is 30.3 Å². The third-order valence-electron chi connectivity index (χ3n) is 2.88. The van der Waals surface area contributed by atoms with Gasteiger partial charge in [0.25, 0.3) is 0 Å². The van der Waals surface area contributed by atoms with Gasteiger partial charge in [-0.3, -0.25) is 0 Å². The number of aromatic nitrogens is 2. The summed E-state index contributed by atoms with van der Waals surface area (Å²) in [5.74, 6) is 1.12. The van der Waals surface area contributed by atoms with Crippen LogP contribution in [0.15, 0.2) is 60.8 Å². The van der Waals surface area contributed by atoms with Gasteiger partial charge in [-0.15, -0.1) is 0 Å². The third-order valence-corrected chi connectivity index (χ3v) is 3.44. The van der Waals surface area contributed by atoms with E-state index in [4.69, 9.17) is 23.2 Å². The second-order valence-corrected chi connectivity index (χ2v) is 5.35. The van der Waals surface area contributed by atoms with E-state index >= 15 is 0 Å². The lowest BCUT2D eigenvalue weighted by molar-refractivity contribution is 1.17. The van der Waals surface area contributed by atoms with E-state index < -0.39 is 0 Å². The van der Waals surface area contributed by atoms with Gasteiger partial charge in [0, 0.05) is 16.9 Å². The summed E-state index contributed by atoms with van der Waals surface area (Å²) >= 11 is 12.1. The first-order valence-electron chi connectivity index (χ1n) is 6.58. The molecule has 4 nitrogen and oxygen atoms in total. The summed E-state index contributed by atoms with van der Waals surface area (Å²) in [5.41, 5.74) is 1.61. The average Bonchev–Trinajstić information content (AvgIpc) is 2.52. The van der Waals surface area contributed by atoms with E-state index in [0.29, 0.717) is 27.5 Å². The molecule has 1 heterocycles. The average molecular weight is 331 g/mol. The van der Waals surface area contributed by atoms with Gasteiger partial charge in [-0.05, 0) is 36.4 Å². The fraction of sp³-hybridized carbons (Fsp3) is 0. The minimum Gasteiger partial charge on any atom is -0.339 e. The number of para-hydroxylation sites is 1. The molecule has 22 heavy (non-hydrogen) atoms. The van der Waals surface area contributed by atoms with Crippen LogP contribution >= 0.6 is 23.2 Å². The molecule has 3 rings (SSSR count).